The molecule has 0 aliphatic heterocycles. The first-order chi connectivity index (χ1) is 9.15. The third-order valence-electron chi connectivity index (χ3n) is 4.22. The molecule has 4 heteroatoms. The maximum Gasteiger partial charge on any atom is 0.253 e. The van der Waals surface area contributed by atoms with E-state index in [1.807, 2.05) is 23.8 Å². The number of aryl methyl sites for hydroxylation is 1. The van der Waals surface area contributed by atoms with Crippen LogP contribution in [0.3, 0.4) is 0 Å². The molecule has 19 heavy (non-hydrogen) atoms. The lowest BCUT2D eigenvalue weighted by Crippen LogP contribution is -2.37. The van der Waals surface area contributed by atoms with Crippen molar-refractivity contribution in [1.29, 1.82) is 0 Å². The highest BCUT2D eigenvalue weighted by Crippen LogP contribution is 2.44. The predicted octanol–water partition coefficient (Wildman–Crippen LogP) is 2.70. The largest absolute Gasteiger partial charge is 0.313 e. The average molecular weight is 325 g/mol. The number of halogens is 1. The highest BCUT2D eigenvalue weighted by molar-refractivity contribution is 9.10. The third-order valence-corrected chi connectivity index (χ3v) is 4.66. The first-order valence-electron chi connectivity index (χ1n) is 7.25. The van der Waals surface area contributed by atoms with Crippen LogP contribution in [-0.2, 0) is 6.54 Å². The van der Waals surface area contributed by atoms with Crippen molar-refractivity contribution in [2.75, 3.05) is 6.54 Å². The lowest BCUT2D eigenvalue weighted by molar-refractivity contribution is 0.405. The van der Waals surface area contributed by atoms with Crippen LogP contribution >= 0.6 is 15.9 Å². The van der Waals surface area contributed by atoms with Crippen molar-refractivity contribution in [3.63, 3.8) is 0 Å². The van der Waals surface area contributed by atoms with Gasteiger partial charge in [-0.05, 0) is 66.4 Å². The Morgan fingerprint density at radius 1 is 1.37 bits per heavy atom. The number of nitrogens with one attached hydrogen (secondary N) is 1. The van der Waals surface area contributed by atoms with Crippen LogP contribution in [0, 0.1) is 18.8 Å². The minimum Gasteiger partial charge on any atom is -0.313 e. The molecule has 0 spiro atoms. The van der Waals surface area contributed by atoms with Crippen molar-refractivity contribution in [1.82, 2.24) is 9.88 Å². The SMILES string of the molecule is Cc1cc(Br)cn(CCNC(C2CC2)C2CC2)c1=O. The summed E-state index contributed by atoms with van der Waals surface area (Å²) in [7, 11) is 0. The van der Waals surface area contributed by atoms with Gasteiger partial charge in [0.15, 0.2) is 0 Å². The molecule has 0 unspecified atom stereocenters. The monoisotopic (exact) mass is 324 g/mol. The molecule has 1 N–H and O–H groups in total. The molecule has 2 saturated carbocycles. The van der Waals surface area contributed by atoms with Gasteiger partial charge in [-0.25, -0.2) is 0 Å². The molecule has 1 aromatic heterocycles. The lowest BCUT2D eigenvalue weighted by atomic mass is 10.1. The van der Waals surface area contributed by atoms with E-state index in [1.165, 1.54) is 25.7 Å². The van der Waals surface area contributed by atoms with E-state index in [-0.39, 0.29) is 5.56 Å². The van der Waals surface area contributed by atoms with Gasteiger partial charge in [0.25, 0.3) is 5.56 Å². The van der Waals surface area contributed by atoms with Gasteiger partial charge in [0.2, 0.25) is 0 Å². The Morgan fingerprint density at radius 3 is 2.58 bits per heavy atom. The van der Waals surface area contributed by atoms with Crippen molar-refractivity contribution >= 4 is 15.9 Å². The van der Waals surface area contributed by atoms with Gasteiger partial charge in [-0.15, -0.1) is 0 Å². The molecule has 3 nitrogen and oxygen atoms in total. The quantitative estimate of drug-likeness (QED) is 0.873. The first kappa shape index (κ1) is 13.4. The standard InChI is InChI=1S/C15H21BrN2O/c1-10-8-13(16)9-18(15(10)19)7-6-17-14(11-2-3-11)12-4-5-12/h8-9,11-12,14,17H,2-7H2,1H3. The Kier molecular flexibility index (Phi) is 3.81. The Bertz CT molecular complexity index is 505. The molecule has 2 aliphatic carbocycles. The summed E-state index contributed by atoms with van der Waals surface area (Å²) in [5.74, 6) is 1.82. The number of rotatable bonds is 6. The third kappa shape index (κ3) is 3.29. The van der Waals surface area contributed by atoms with Gasteiger partial charge >= 0.3 is 0 Å². The summed E-state index contributed by atoms with van der Waals surface area (Å²) in [4.78, 5) is 12.0. The Labute approximate surface area is 122 Å². The summed E-state index contributed by atoms with van der Waals surface area (Å²) in [5, 5.41) is 3.68. The van der Waals surface area contributed by atoms with Crippen LogP contribution in [0.4, 0.5) is 0 Å². The minimum atomic E-state index is 0.124. The second kappa shape index (κ2) is 5.41. The molecule has 1 aromatic rings. The molecular weight excluding hydrogens is 304 g/mol. The van der Waals surface area contributed by atoms with Crippen LogP contribution in [0.2, 0.25) is 0 Å². The summed E-state index contributed by atoms with van der Waals surface area (Å²) in [6.45, 7) is 3.52. The van der Waals surface area contributed by atoms with Crippen molar-refractivity contribution in [2.24, 2.45) is 11.8 Å². The molecular formula is C15H21BrN2O. The smallest absolute Gasteiger partial charge is 0.253 e. The van der Waals surface area contributed by atoms with Crippen LogP contribution in [0.25, 0.3) is 0 Å². The fourth-order valence-electron chi connectivity index (χ4n) is 2.89. The van der Waals surface area contributed by atoms with E-state index in [1.54, 1.807) is 0 Å². The summed E-state index contributed by atoms with van der Waals surface area (Å²) in [6, 6.07) is 2.59. The molecule has 2 fully saturated rings. The lowest BCUT2D eigenvalue weighted by Gasteiger charge is -2.18. The predicted molar refractivity (Wildman–Crippen MR) is 80.4 cm³/mol. The molecule has 0 radical (unpaired) electrons. The minimum absolute atomic E-state index is 0.124. The van der Waals surface area contributed by atoms with Gasteiger partial charge in [0.05, 0.1) is 0 Å². The first-order valence-corrected chi connectivity index (χ1v) is 8.04. The Balaban J connectivity index is 1.58. The van der Waals surface area contributed by atoms with Crippen LogP contribution in [-0.4, -0.2) is 17.2 Å². The summed E-state index contributed by atoms with van der Waals surface area (Å²) in [6.07, 6.45) is 7.46. The fourth-order valence-corrected chi connectivity index (χ4v) is 3.48. The van der Waals surface area contributed by atoms with E-state index >= 15 is 0 Å². The second-order valence-corrected chi connectivity index (χ2v) is 6.91. The molecule has 1 heterocycles. The number of aromatic nitrogens is 1. The van der Waals surface area contributed by atoms with Crippen molar-refractivity contribution < 1.29 is 0 Å². The van der Waals surface area contributed by atoms with Crippen molar-refractivity contribution in [2.45, 2.75) is 45.2 Å². The van der Waals surface area contributed by atoms with E-state index in [0.29, 0.717) is 6.04 Å². The Hall–Kier alpha value is -0.610. The van der Waals surface area contributed by atoms with Gasteiger partial charge in [0, 0.05) is 35.4 Å². The maximum atomic E-state index is 12.0. The zero-order valence-electron chi connectivity index (χ0n) is 11.4. The fraction of sp³-hybridized carbons (Fsp3) is 0.667. The Morgan fingerprint density at radius 2 is 2.00 bits per heavy atom. The van der Waals surface area contributed by atoms with Gasteiger partial charge < -0.3 is 9.88 Å². The topological polar surface area (TPSA) is 34.0 Å². The van der Waals surface area contributed by atoms with E-state index in [9.17, 15) is 4.79 Å². The van der Waals surface area contributed by atoms with E-state index in [2.05, 4.69) is 21.2 Å². The normalized spacial score (nSPS) is 19.1. The highest BCUT2D eigenvalue weighted by atomic mass is 79.9. The molecule has 3 rings (SSSR count). The number of nitrogens with zero attached hydrogens (tertiary/aromatic N) is 1. The summed E-state index contributed by atoms with van der Waals surface area (Å²) >= 11 is 3.45. The zero-order valence-corrected chi connectivity index (χ0v) is 12.9. The van der Waals surface area contributed by atoms with E-state index in [4.69, 9.17) is 0 Å². The number of hydrogen-bond donors (Lipinski definition) is 1. The van der Waals surface area contributed by atoms with Gasteiger partial charge in [-0.3, -0.25) is 4.79 Å². The number of pyridine rings is 1. The zero-order chi connectivity index (χ0) is 13.4. The highest BCUT2D eigenvalue weighted by Gasteiger charge is 2.40. The van der Waals surface area contributed by atoms with Crippen molar-refractivity contribution in [3.05, 3.63) is 32.7 Å². The van der Waals surface area contributed by atoms with Gasteiger partial charge in [-0.2, -0.15) is 0 Å². The average Bonchev–Trinajstić information content (AvgIpc) is 3.24. The van der Waals surface area contributed by atoms with Crippen LogP contribution in [0.1, 0.15) is 31.2 Å². The van der Waals surface area contributed by atoms with Crippen LogP contribution in [0.15, 0.2) is 21.5 Å². The van der Waals surface area contributed by atoms with Crippen LogP contribution in [0.5, 0.6) is 0 Å². The number of hydrogen-bond acceptors (Lipinski definition) is 2. The van der Waals surface area contributed by atoms with Crippen molar-refractivity contribution in [3.8, 4) is 0 Å². The van der Waals surface area contributed by atoms with Gasteiger partial charge in [0.1, 0.15) is 0 Å². The van der Waals surface area contributed by atoms with E-state index < -0.39 is 0 Å². The molecule has 2 aliphatic rings. The summed E-state index contributed by atoms with van der Waals surface area (Å²) < 4.78 is 2.79. The molecule has 0 atom stereocenters. The molecule has 0 amide bonds. The maximum absolute atomic E-state index is 12.0. The van der Waals surface area contributed by atoms with Gasteiger partial charge in [-0.1, -0.05) is 0 Å². The van der Waals surface area contributed by atoms with E-state index in [0.717, 1.165) is 35.0 Å². The summed E-state index contributed by atoms with van der Waals surface area (Å²) in [5.41, 5.74) is 0.926. The molecule has 0 aromatic carbocycles. The molecule has 0 saturated heterocycles. The van der Waals surface area contributed by atoms with Crippen LogP contribution < -0.4 is 10.9 Å². The molecule has 0 bridgehead atoms. The second-order valence-electron chi connectivity index (χ2n) is 5.99. The molecule has 104 valence electrons.